The zero-order valence-corrected chi connectivity index (χ0v) is 12.5. The van der Waals surface area contributed by atoms with Crippen LogP contribution in [0.15, 0.2) is 30.3 Å². The molecular formula is C17H24BNO2. The van der Waals surface area contributed by atoms with E-state index in [-0.39, 0.29) is 5.92 Å². The van der Waals surface area contributed by atoms with Crippen LogP contribution in [0.25, 0.3) is 0 Å². The second-order valence-corrected chi connectivity index (χ2v) is 6.09. The smallest absolute Gasteiger partial charge is 0.306 e. The maximum Gasteiger partial charge on any atom is 0.306 e. The first-order valence-electron chi connectivity index (χ1n) is 7.88. The summed E-state index contributed by atoms with van der Waals surface area (Å²) < 4.78 is 0. The Balaban J connectivity index is 1.77. The van der Waals surface area contributed by atoms with Crippen LogP contribution in [-0.2, 0) is 11.3 Å². The molecule has 1 aromatic carbocycles. The summed E-state index contributed by atoms with van der Waals surface area (Å²) in [4.78, 5) is 11.4. The molecular weight excluding hydrogens is 261 g/mol. The maximum atomic E-state index is 11.4. The van der Waals surface area contributed by atoms with Crippen molar-refractivity contribution < 1.29 is 9.90 Å². The fourth-order valence-electron chi connectivity index (χ4n) is 3.42. The van der Waals surface area contributed by atoms with Gasteiger partial charge >= 0.3 is 5.97 Å². The average molecular weight is 285 g/mol. The second-order valence-electron chi connectivity index (χ2n) is 6.09. The van der Waals surface area contributed by atoms with Gasteiger partial charge in [-0.15, -0.1) is 0 Å². The molecule has 0 heterocycles. The zero-order valence-electron chi connectivity index (χ0n) is 12.5. The van der Waals surface area contributed by atoms with Crippen molar-refractivity contribution in [1.29, 1.82) is 0 Å². The minimum absolute atomic E-state index is 0.180. The van der Waals surface area contributed by atoms with Crippen LogP contribution in [0, 0.1) is 17.8 Å². The van der Waals surface area contributed by atoms with E-state index in [1.54, 1.807) is 0 Å². The molecule has 1 aromatic rings. The van der Waals surface area contributed by atoms with E-state index < -0.39 is 5.97 Å². The third-order valence-corrected chi connectivity index (χ3v) is 4.49. The maximum absolute atomic E-state index is 11.4. The molecule has 1 saturated carbocycles. The lowest BCUT2D eigenvalue weighted by molar-refractivity contribution is -0.143. The van der Waals surface area contributed by atoms with Crippen molar-refractivity contribution in [2.24, 2.45) is 17.8 Å². The molecule has 0 saturated heterocycles. The highest BCUT2D eigenvalue weighted by atomic mass is 16.4. The van der Waals surface area contributed by atoms with Crippen molar-refractivity contribution in [3.63, 3.8) is 0 Å². The molecule has 3 nitrogen and oxygen atoms in total. The van der Waals surface area contributed by atoms with E-state index in [0.717, 1.165) is 38.8 Å². The molecule has 2 N–H and O–H groups in total. The number of nitrogens with one attached hydrogen (secondary N) is 1. The molecule has 2 rings (SSSR count). The van der Waals surface area contributed by atoms with Crippen molar-refractivity contribution in [2.45, 2.75) is 38.5 Å². The number of aliphatic carboxylic acids is 1. The Morgan fingerprint density at radius 1 is 1.29 bits per heavy atom. The minimum atomic E-state index is -0.636. The SMILES string of the molecule is [B]CCC[C@H]1C[C@H](CNCc2ccccc2)C[C@H]1C(=O)O. The molecule has 1 aliphatic rings. The van der Waals surface area contributed by atoms with Gasteiger partial charge in [-0.1, -0.05) is 49.5 Å². The molecule has 2 radical (unpaired) electrons. The quantitative estimate of drug-likeness (QED) is 0.722. The Labute approximate surface area is 128 Å². The molecule has 3 atom stereocenters. The number of carboxylic acid groups (broad SMARTS) is 1. The zero-order chi connectivity index (χ0) is 15.1. The molecule has 0 aromatic heterocycles. The van der Waals surface area contributed by atoms with Gasteiger partial charge in [-0.25, -0.2) is 0 Å². The van der Waals surface area contributed by atoms with Crippen LogP contribution < -0.4 is 5.32 Å². The van der Waals surface area contributed by atoms with E-state index in [2.05, 4.69) is 17.4 Å². The molecule has 0 spiro atoms. The van der Waals surface area contributed by atoms with E-state index in [4.69, 9.17) is 7.85 Å². The molecule has 1 aliphatic carbocycles. The molecule has 0 unspecified atom stereocenters. The van der Waals surface area contributed by atoms with Gasteiger partial charge in [0.1, 0.15) is 0 Å². The first-order chi connectivity index (χ1) is 10.2. The van der Waals surface area contributed by atoms with Crippen molar-refractivity contribution in [3.8, 4) is 0 Å². The summed E-state index contributed by atoms with van der Waals surface area (Å²) in [5.74, 6) is -0.0465. The standard InChI is InChI=1S/C17H24BNO2/c18-8-4-7-15-9-14(10-16(15)17(20)21)12-19-11-13-5-2-1-3-6-13/h1-3,5-6,14-16,19H,4,7-12H2,(H,20,21)/t14-,15-,16+/m0/s1. The van der Waals surface area contributed by atoms with Crippen LogP contribution in [0.2, 0.25) is 6.32 Å². The second kappa shape index (κ2) is 8.23. The van der Waals surface area contributed by atoms with Crippen molar-refractivity contribution in [2.75, 3.05) is 6.54 Å². The van der Waals surface area contributed by atoms with Gasteiger partial charge in [0.05, 0.1) is 13.8 Å². The fourth-order valence-corrected chi connectivity index (χ4v) is 3.42. The van der Waals surface area contributed by atoms with Crippen LogP contribution in [0.1, 0.15) is 31.2 Å². The van der Waals surface area contributed by atoms with E-state index >= 15 is 0 Å². The third-order valence-electron chi connectivity index (χ3n) is 4.49. The van der Waals surface area contributed by atoms with Crippen LogP contribution in [0.3, 0.4) is 0 Å². The molecule has 21 heavy (non-hydrogen) atoms. The Morgan fingerprint density at radius 2 is 2.05 bits per heavy atom. The van der Waals surface area contributed by atoms with Crippen molar-refractivity contribution in [1.82, 2.24) is 5.32 Å². The van der Waals surface area contributed by atoms with E-state index in [9.17, 15) is 9.90 Å². The average Bonchev–Trinajstić information content (AvgIpc) is 2.90. The van der Waals surface area contributed by atoms with Crippen LogP contribution in [0.5, 0.6) is 0 Å². The summed E-state index contributed by atoms with van der Waals surface area (Å²) in [6, 6.07) is 10.3. The molecule has 0 aliphatic heterocycles. The topological polar surface area (TPSA) is 49.3 Å². The monoisotopic (exact) mass is 285 g/mol. The number of rotatable bonds is 8. The van der Waals surface area contributed by atoms with Gasteiger partial charge in [-0.2, -0.15) is 0 Å². The molecule has 112 valence electrons. The Hall–Kier alpha value is -1.29. The Kier molecular flexibility index (Phi) is 6.31. The molecule has 0 bridgehead atoms. The molecule has 4 heteroatoms. The van der Waals surface area contributed by atoms with Gasteiger partial charge in [0.15, 0.2) is 0 Å². The number of benzene rings is 1. The largest absolute Gasteiger partial charge is 0.481 e. The summed E-state index contributed by atoms with van der Waals surface area (Å²) in [5.41, 5.74) is 1.27. The molecule has 0 amide bonds. The van der Waals surface area contributed by atoms with Gasteiger partial charge in [0.25, 0.3) is 0 Å². The number of hydrogen-bond acceptors (Lipinski definition) is 2. The predicted molar refractivity (Wildman–Crippen MR) is 85.3 cm³/mol. The van der Waals surface area contributed by atoms with E-state index in [1.165, 1.54) is 5.56 Å². The minimum Gasteiger partial charge on any atom is -0.481 e. The first kappa shape index (κ1) is 16.1. The van der Waals surface area contributed by atoms with E-state index in [0.29, 0.717) is 18.2 Å². The van der Waals surface area contributed by atoms with Gasteiger partial charge in [0, 0.05) is 6.54 Å². The number of carboxylic acids is 1. The lowest BCUT2D eigenvalue weighted by atomic mass is 9.88. The van der Waals surface area contributed by atoms with Crippen LogP contribution in [0.4, 0.5) is 0 Å². The summed E-state index contributed by atoms with van der Waals surface area (Å²) in [5, 5.41) is 12.8. The highest BCUT2D eigenvalue weighted by molar-refractivity contribution is 6.08. The Morgan fingerprint density at radius 3 is 2.71 bits per heavy atom. The summed E-state index contributed by atoms with van der Waals surface area (Å²) in [7, 11) is 5.55. The lowest BCUT2D eigenvalue weighted by Crippen LogP contribution is -2.21. The van der Waals surface area contributed by atoms with Crippen LogP contribution in [-0.4, -0.2) is 25.5 Å². The third kappa shape index (κ3) is 4.89. The van der Waals surface area contributed by atoms with Gasteiger partial charge in [-0.05, 0) is 36.8 Å². The summed E-state index contributed by atoms with van der Waals surface area (Å²) in [6.45, 7) is 1.75. The molecule has 1 fully saturated rings. The fraction of sp³-hybridized carbons (Fsp3) is 0.588. The number of carbonyl (C=O) groups is 1. The number of hydrogen-bond donors (Lipinski definition) is 2. The normalized spacial score (nSPS) is 25.0. The highest BCUT2D eigenvalue weighted by Gasteiger charge is 2.37. The summed E-state index contributed by atoms with van der Waals surface area (Å²) in [6.07, 6.45) is 4.34. The first-order valence-corrected chi connectivity index (χ1v) is 7.88. The van der Waals surface area contributed by atoms with E-state index in [1.807, 2.05) is 18.2 Å². The van der Waals surface area contributed by atoms with Gasteiger partial charge < -0.3 is 10.4 Å². The van der Waals surface area contributed by atoms with Crippen molar-refractivity contribution >= 4 is 13.8 Å². The predicted octanol–water partition coefficient (Wildman–Crippen LogP) is 2.87. The highest BCUT2D eigenvalue weighted by Crippen LogP contribution is 2.39. The Bertz CT molecular complexity index is 438. The summed E-state index contributed by atoms with van der Waals surface area (Å²) >= 11 is 0. The van der Waals surface area contributed by atoms with Crippen LogP contribution >= 0.6 is 0 Å². The lowest BCUT2D eigenvalue weighted by Gasteiger charge is -2.14. The van der Waals surface area contributed by atoms with Gasteiger partial charge in [-0.3, -0.25) is 4.79 Å². The van der Waals surface area contributed by atoms with Gasteiger partial charge in [0.2, 0.25) is 0 Å². The van der Waals surface area contributed by atoms with Crippen molar-refractivity contribution in [3.05, 3.63) is 35.9 Å².